The summed E-state index contributed by atoms with van der Waals surface area (Å²) < 4.78 is 11.2. The lowest BCUT2D eigenvalue weighted by Gasteiger charge is -2.11. The van der Waals surface area contributed by atoms with Crippen LogP contribution in [0.25, 0.3) is 33.5 Å². The van der Waals surface area contributed by atoms with Gasteiger partial charge in [-0.2, -0.15) is 0 Å². The number of amides is 2. The number of carbonyl (C=O) groups excluding carboxylic acids is 2. The first kappa shape index (κ1) is 26.6. The molecule has 196 valence electrons. The van der Waals surface area contributed by atoms with E-state index in [9.17, 15) is 9.59 Å². The summed E-state index contributed by atoms with van der Waals surface area (Å²) in [4.78, 5) is 30.7. The van der Waals surface area contributed by atoms with E-state index in [2.05, 4.69) is 15.6 Å². The zero-order valence-corrected chi connectivity index (χ0v) is 22.7. The molecule has 5 aromatic rings. The van der Waals surface area contributed by atoms with Crippen molar-refractivity contribution in [3.8, 4) is 22.4 Å². The Labute approximate surface area is 238 Å². The summed E-state index contributed by atoms with van der Waals surface area (Å²) in [6.45, 7) is 1.79. The van der Waals surface area contributed by atoms with Crippen LogP contribution in [0, 0.1) is 0 Å². The molecule has 0 aliphatic heterocycles. The number of nitrogens with zero attached hydrogens (tertiary/aromatic N) is 1. The first-order valence-corrected chi connectivity index (χ1v) is 13.0. The molecule has 10 heteroatoms. The Hall–Kier alpha value is -4.04. The molecule has 2 amide bonds. The Morgan fingerprint density at radius 3 is 2.31 bits per heavy atom. The van der Waals surface area contributed by atoms with Gasteiger partial charge in [0.05, 0.1) is 27.7 Å². The summed E-state index contributed by atoms with van der Waals surface area (Å²) in [5.41, 5.74) is 3.57. The first-order chi connectivity index (χ1) is 18.8. The highest BCUT2D eigenvalue weighted by atomic mass is 35.5. The molecule has 2 aromatic heterocycles. The van der Waals surface area contributed by atoms with Gasteiger partial charge in [-0.25, -0.2) is 14.6 Å². The van der Waals surface area contributed by atoms with E-state index in [1.807, 2.05) is 48.5 Å². The second-order valence-corrected chi connectivity index (χ2v) is 9.59. The average Bonchev–Trinajstić information content (AvgIpc) is 3.29. The zero-order chi connectivity index (χ0) is 27.5. The maximum absolute atomic E-state index is 13.1. The van der Waals surface area contributed by atoms with Gasteiger partial charge in [-0.15, -0.1) is 0 Å². The van der Waals surface area contributed by atoms with Crippen LogP contribution in [0.3, 0.4) is 0 Å². The SMILES string of the molecule is CCOC(=O)c1oc2nc(-c3ccc(Cl)cc3)cc(-c3ccccc3)c2c1NC(=O)Nc1ccc(Cl)c(Cl)c1. The van der Waals surface area contributed by atoms with Crippen molar-refractivity contribution in [2.75, 3.05) is 17.2 Å². The minimum atomic E-state index is -0.743. The van der Waals surface area contributed by atoms with Crippen LogP contribution in [-0.2, 0) is 4.74 Å². The second-order valence-electron chi connectivity index (χ2n) is 8.34. The number of aromatic nitrogens is 1. The third kappa shape index (κ3) is 5.71. The molecule has 5 rings (SSSR count). The van der Waals surface area contributed by atoms with Crippen LogP contribution in [0.4, 0.5) is 16.2 Å². The Morgan fingerprint density at radius 2 is 1.62 bits per heavy atom. The number of urea groups is 1. The summed E-state index contributed by atoms with van der Waals surface area (Å²) in [6.07, 6.45) is 0. The van der Waals surface area contributed by atoms with Gasteiger partial charge in [-0.05, 0) is 54.4 Å². The van der Waals surface area contributed by atoms with Crippen LogP contribution < -0.4 is 10.6 Å². The van der Waals surface area contributed by atoms with E-state index < -0.39 is 12.0 Å². The Bertz CT molecular complexity index is 1690. The number of furan rings is 1. The lowest BCUT2D eigenvalue weighted by molar-refractivity contribution is 0.0494. The Morgan fingerprint density at radius 1 is 0.872 bits per heavy atom. The fraction of sp³-hybridized carbons (Fsp3) is 0.0690. The topological polar surface area (TPSA) is 93.5 Å². The number of pyridine rings is 1. The highest BCUT2D eigenvalue weighted by Gasteiger charge is 2.27. The van der Waals surface area contributed by atoms with Gasteiger partial charge < -0.3 is 19.8 Å². The smallest absolute Gasteiger partial charge is 0.376 e. The van der Waals surface area contributed by atoms with Crippen molar-refractivity contribution in [3.05, 3.63) is 99.7 Å². The monoisotopic (exact) mass is 579 g/mol. The van der Waals surface area contributed by atoms with Gasteiger partial charge in [0.15, 0.2) is 0 Å². The predicted molar refractivity (Wildman–Crippen MR) is 155 cm³/mol. The molecule has 39 heavy (non-hydrogen) atoms. The Kier molecular flexibility index (Phi) is 7.74. The molecule has 0 spiro atoms. The van der Waals surface area contributed by atoms with Crippen LogP contribution in [0.2, 0.25) is 15.1 Å². The zero-order valence-electron chi connectivity index (χ0n) is 20.4. The molecule has 0 radical (unpaired) electrons. The number of esters is 1. The standard InChI is InChI=1S/C29H20Cl3N3O4/c1-2-38-28(36)26-25(35-29(37)33-19-12-13-21(31)22(32)14-19)24-20(16-6-4-3-5-7-16)15-23(34-27(24)39-26)17-8-10-18(30)11-9-17/h3-15H,2H2,1H3,(H2,33,35,37). The number of anilines is 2. The summed E-state index contributed by atoms with van der Waals surface area (Å²) in [5, 5.41) is 7.10. The number of ether oxygens (including phenoxy) is 1. The molecule has 0 aliphatic rings. The number of fused-ring (bicyclic) bond motifs is 1. The minimum Gasteiger partial charge on any atom is -0.460 e. The van der Waals surface area contributed by atoms with Gasteiger partial charge in [-0.1, -0.05) is 77.3 Å². The third-order valence-electron chi connectivity index (χ3n) is 5.76. The van der Waals surface area contributed by atoms with Gasteiger partial charge in [0.1, 0.15) is 5.69 Å². The lowest BCUT2D eigenvalue weighted by Crippen LogP contribution is -2.21. The van der Waals surface area contributed by atoms with Gasteiger partial charge in [0, 0.05) is 16.3 Å². The van der Waals surface area contributed by atoms with E-state index in [1.54, 1.807) is 31.2 Å². The quantitative estimate of drug-likeness (QED) is 0.196. The van der Waals surface area contributed by atoms with Crippen molar-refractivity contribution in [1.82, 2.24) is 4.98 Å². The van der Waals surface area contributed by atoms with Gasteiger partial charge in [0.25, 0.3) is 0 Å². The van der Waals surface area contributed by atoms with Crippen LogP contribution in [0.15, 0.2) is 83.3 Å². The number of nitrogens with one attached hydrogen (secondary N) is 2. The summed E-state index contributed by atoms with van der Waals surface area (Å²) in [5.74, 6) is -0.929. The molecular weight excluding hydrogens is 561 g/mol. The molecule has 3 aromatic carbocycles. The highest BCUT2D eigenvalue weighted by molar-refractivity contribution is 6.42. The van der Waals surface area contributed by atoms with E-state index >= 15 is 0 Å². The van der Waals surface area contributed by atoms with Crippen LogP contribution in [0.5, 0.6) is 0 Å². The molecular formula is C29H20Cl3N3O4. The number of rotatable bonds is 6. The molecule has 2 heterocycles. The molecule has 0 atom stereocenters. The molecule has 0 bridgehead atoms. The fourth-order valence-electron chi connectivity index (χ4n) is 4.02. The molecule has 0 aliphatic carbocycles. The maximum atomic E-state index is 13.1. The third-order valence-corrected chi connectivity index (χ3v) is 6.75. The van der Waals surface area contributed by atoms with E-state index in [0.717, 1.165) is 11.1 Å². The number of benzene rings is 3. The second kappa shape index (κ2) is 11.4. The van der Waals surface area contributed by atoms with Crippen molar-refractivity contribution in [2.24, 2.45) is 0 Å². The fourth-order valence-corrected chi connectivity index (χ4v) is 4.45. The van der Waals surface area contributed by atoms with Gasteiger partial charge in [-0.3, -0.25) is 0 Å². The summed E-state index contributed by atoms with van der Waals surface area (Å²) >= 11 is 18.2. The summed E-state index contributed by atoms with van der Waals surface area (Å²) in [7, 11) is 0. The molecule has 0 fully saturated rings. The largest absolute Gasteiger partial charge is 0.460 e. The van der Waals surface area contributed by atoms with Crippen molar-refractivity contribution >= 4 is 69.3 Å². The highest BCUT2D eigenvalue weighted by Crippen LogP contribution is 2.40. The molecule has 0 saturated heterocycles. The van der Waals surface area contributed by atoms with E-state index in [0.29, 0.717) is 32.4 Å². The van der Waals surface area contributed by atoms with Crippen LogP contribution >= 0.6 is 34.8 Å². The minimum absolute atomic E-state index is 0.111. The number of carbonyl (C=O) groups is 2. The van der Waals surface area contributed by atoms with E-state index in [4.69, 9.17) is 44.0 Å². The molecule has 2 N–H and O–H groups in total. The van der Waals surface area contributed by atoms with Gasteiger partial charge >= 0.3 is 12.0 Å². The number of hydrogen-bond acceptors (Lipinski definition) is 5. The number of hydrogen-bond donors (Lipinski definition) is 2. The molecule has 0 unspecified atom stereocenters. The van der Waals surface area contributed by atoms with Crippen molar-refractivity contribution < 1.29 is 18.7 Å². The number of halogens is 3. The van der Waals surface area contributed by atoms with Crippen LogP contribution in [-0.4, -0.2) is 23.6 Å². The normalized spacial score (nSPS) is 10.9. The molecule has 0 saturated carbocycles. The average molecular weight is 581 g/mol. The van der Waals surface area contributed by atoms with Crippen molar-refractivity contribution in [3.63, 3.8) is 0 Å². The van der Waals surface area contributed by atoms with E-state index in [-0.39, 0.29) is 28.8 Å². The molecule has 7 nitrogen and oxygen atoms in total. The van der Waals surface area contributed by atoms with Crippen molar-refractivity contribution in [1.29, 1.82) is 0 Å². The van der Waals surface area contributed by atoms with E-state index in [1.165, 1.54) is 6.07 Å². The maximum Gasteiger partial charge on any atom is 0.376 e. The Balaban J connectivity index is 1.67. The van der Waals surface area contributed by atoms with Crippen LogP contribution in [0.1, 0.15) is 17.5 Å². The first-order valence-electron chi connectivity index (χ1n) is 11.8. The van der Waals surface area contributed by atoms with Crippen molar-refractivity contribution in [2.45, 2.75) is 6.92 Å². The lowest BCUT2D eigenvalue weighted by atomic mass is 9.99. The predicted octanol–water partition coefficient (Wildman–Crippen LogP) is 8.94. The van der Waals surface area contributed by atoms with Gasteiger partial charge in [0.2, 0.25) is 11.5 Å². The summed E-state index contributed by atoms with van der Waals surface area (Å²) in [6, 6.07) is 22.6.